The highest BCUT2D eigenvalue weighted by Gasteiger charge is 2.21. The number of hydrogen-bond acceptors (Lipinski definition) is 3. The van der Waals surface area contributed by atoms with Crippen LogP contribution in [0, 0.1) is 17.5 Å². The van der Waals surface area contributed by atoms with Gasteiger partial charge in [-0.15, -0.1) is 24.8 Å². The Hall–Kier alpha value is -2.06. The first-order valence-electron chi connectivity index (χ1n) is 9.19. The van der Waals surface area contributed by atoms with Crippen molar-refractivity contribution >= 4 is 53.1 Å². The predicted molar refractivity (Wildman–Crippen MR) is 120 cm³/mol. The summed E-state index contributed by atoms with van der Waals surface area (Å²) in [6.45, 7) is 1.66. The SMILES string of the molecule is Cl.Cl.O=C(NC1CCNCC1)c1ccc2c(Cl)cnc(-c3c(F)cc(F)cc3F)c2c1. The van der Waals surface area contributed by atoms with E-state index in [4.69, 9.17) is 11.6 Å². The van der Waals surface area contributed by atoms with Gasteiger partial charge in [0.1, 0.15) is 17.5 Å². The molecular weight excluding hydrogens is 474 g/mol. The number of pyridine rings is 1. The number of fused-ring (bicyclic) bond motifs is 1. The average molecular weight is 493 g/mol. The minimum absolute atomic E-state index is 0. The monoisotopic (exact) mass is 491 g/mol. The van der Waals surface area contributed by atoms with E-state index in [1.807, 2.05) is 0 Å². The molecule has 31 heavy (non-hydrogen) atoms. The molecule has 2 N–H and O–H groups in total. The molecule has 0 saturated carbocycles. The van der Waals surface area contributed by atoms with Crippen LogP contribution in [0.5, 0.6) is 0 Å². The number of benzene rings is 2. The highest BCUT2D eigenvalue weighted by Crippen LogP contribution is 2.34. The number of nitrogens with zero attached hydrogens (tertiary/aromatic N) is 1. The molecule has 1 fully saturated rings. The van der Waals surface area contributed by atoms with Gasteiger partial charge < -0.3 is 10.6 Å². The minimum atomic E-state index is -1.08. The molecule has 4 nitrogen and oxygen atoms in total. The number of aromatic nitrogens is 1. The second-order valence-corrected chi connectivity index (χ2v) is 7.36. The van der Waals surface area contributed by atoms with Crippen molar-refractivity contribution in [3.05, 3.63) is 64.6 Å². The topological polar surface area (TPSA) is 54.0 Å². The van der Waals surface area contributed by atoms with E-state index in [2.05, 4.69) is 15.6 Å². The van der Waals surface area contributed by atoms with Crippen molar-refractivity contribution in [3.63, 3.8) is 0 Å². The number of rotatable bonds is 3. The Kier molecular flexibility index (Phi) is 8.54. The minimum Gasteiger partial charge on any atom is -0.349 e. The Bertz CT molecular complexity index is 1080. The normalized spacial score (nSPS) is 13.9. The Labute approximate surface area is 194 Å². The van der Waals surface area contributed by atoms with Gasteiger partial charge in [0.05, 0.1) is 16.3 Å². The summed E-state index contributed by atoms with van der Waals surface area (Å²) >= 11 is 6.19. The fourth-order valence-electron chi connectivity index (χ4n) is 3.55. The van der Waals surface area contributed by atoms with Crippen LogP contribution in [0.3, 0.4) is 0 Å². The molecule has 10 heteroatoms. The van der Waals surface area contributed by atoms with Gasteiger partial charge in [-0.2, -0.15) is 0 Å². The maximum atomic E-state index is 14.4. The second kappa shape index (κ2) is 10.5. The van der Waals surface area contributed by atoms with E-state index in [1.54, 1.807) is 12.1 Å². The van der Waals surface area contributed by atoms with Crippen LogP contribution in [0.25, 0.3) is 22.0 Å². The van der Waals surface area contributed by atoms with Crippen molar-refractivity contribution in [1.29, 1.82) is 0 Å². The van der Waals surface area contributed by atoms with E-state index in [9.17, 15) is 18.0 Å². The molecule has 1 aliphatic rings. The van der Waals surface area contributed by atoms with Crippen molar-refractivity contribution in [2.45, 2.75) is 18.9 Å². The summed E-state index contributed by atoms with van der Waals surface area (Å²) in [5.41, 5.74) is -0.191. The van der Waals surface area contributed by atoms with Crippen LogP contribution < -0.4 is 10.6 Å². The Morgan fingerprint density at radius 2 is 1.68 bits per heavy atom. The zero-order chi connectivity index (χ0) is 20.5. The summed E-state index contributed by atoms with van der Waals surface area (Å²) in [5, 5.41) is 7.27. The maximum absolute atomic E-state index is 14.4. The number of piperidine rings is 1. The maximum Gasteiger partial charge on any atom is 0.251 e. The van der Waals surface area contributed by atoms with E-state index in [0.29, 0.717) is 28.5 Å². The lowest BCUT2D eigenvalue weighted by Crippen LogP contribution is -2.42. The number of hydrogen-bond donors (Lipinski definition) is 2. The van der Waals surface area contributed by atoms with E-state index < -0.39 is 23.0 Å². The molecule has 4 rings (SSSR count). The lowest BCUT2D eigenvalue weighted by atomic mass is 10.00. The summed E-state index contributed by atoms with van der Waals surface area (Å²) < 4.78 is 42.0. The number of halogens is 6. The first kappa shape index (κ1) is 25.2. The van der Waals surface area contributed by atoms with Crippen molar-refractivity contribution in [3.8, 4) is 11.3 Å². The van der Waals surface area contributed by atoms with Crippen LogP contribution in [0.1, 0.15) is 23.2 Å². The third-order valence-electron chi connectivity index (χ3n) is 5.02. The van der Waals surface area contributed by atoms with Gasteiger partial charge in [0.2, 0.25) is 0 Å². The summed E-state index contributed by atoms with van der Waals surface area (Å²) in [4.78, 5) is 16.8. The number of nitrogens with one attached hydrogen (secondary N) is 2. The molecule has 0 aliphatic carbocycles. The summed E-state index contributed by atoms with van der Waals surface area (Å²) in [6, 6.07) is 5.96. The number of carbonyl (C=O) groups excluding carboxylic acids is 1. The van der Waals surface area contributed by atoms with Gasteiger partial charge >= 0.3 is 0 Å². The molecule has 0 spiro atoms. The molecule has 0 bridgehead atoms. The fraction of sp³-hybridized carbons (Fsp3) is 0.238. The summed E-state index contributed by atoms with van der Waals surface area (Å²) in [5.74, 6) is -3.47. The fourth-order valence-corrected chi connectivity index (χ4v) is 3.77. The van der Waals surface area contributed by atoms with Gasteiger partial charge in [-0.05, 0) is 38.1 Å². The smallest absolute Gasteiger partial charge is 0.251 e. The zero-order valence-corrected chi connectivity index (χ0v) is 18.4. The third kappa shape index (κ3) is 5.23. The first-order chi connectivity index (χ1) is 13.9. The highest BCUT2D eigenvalue weighted by atomic mass is 35.5. The molecule has 1 amide bonds. The molecule has 3 aromatic rings. The molecule has 1 aliphatic heterocycles. The van der Waals surface area contributed by atoms with Crippen molar-refractivity contribution in [2.75, 3.05) is 13.1 Å². The van der Waals surface area contributed by atoms with Crippen LogP contribution in [0.2, 0.25) is 5.02 Å². The Morgan fingerprint density at radius 1 is 1.03 bits per heavy atom. The van der Waals surface area contributed by atoms with Crippen LogP contribution in [0.4, 0.5) is 13.2 Å². The van der Waals surface area contributed by atoms with Gasteiger partial charge in [-0.1, -0.05) is 17.7 Å². The molecule has 166 valence electrons. The van der Waals surface area contributed by atoms with Crippen LogP contribution in [-0.2, 0) is 0 Å². The molecule has 0 atom stereocenters. The lowest BCUT2D eigenvalue weighted by molar-refractivity contribution is 0.0929. The van der Waals surface area contributed by atoms with Crippen LogP contribution in [-0.4, -0.2) is 30.0 Å². The number of carbonyl (C=O) groups is 1. The van der Waals surface area contributed by atoms with Crippen LogP contribution in [0.15, 0.2) is 36.5 Å². The lowest BCUT2D eigenvalue weighted by Gasteiger charge is -2.23. The molecule has 2 heterocycles. The second-order valence-electron chi connectivity index (χ2n) is 6.96. The van der Waals surface area contributed by atoms with Crippen molar-refractivity contribution in [1.82, 2.24) is 15.6 Å². The van der Waals surface area contributed by atoms with Gasteiger partial charge in [-0.25, -0.2) is 13.2 Å². The van der Waals surface area contributed by atoms with Crippen molar-refractivity contribution in [2.24, 2.45) is 0 Å². The molecule has 0 unspecified atom stereocenters. The van der Waals surface area contributed by atoms with E-state index in [1.165, 1.54) is 12.3 Å². The van der Waals surface area contributed by atoms with Gasteiger partial charge in [0.15, 0.2) is 0 Å². The Morgan fingerprint density at radius 3 is 2.32 bits per heavy atom. The molecule has 0 radical (unpaired) electrons. The third-order valence-corrected chi connectivity index (χ3v) is 5.32. The van der Waals surface area contributed by atoms with Gasteiger partial charge in [-0.3, -0.25) is 9.78 Å². The summed E-state index contributed by atoms with van der Waals surface area (Å²) in [6.07, 6.45) is 2.92. The number of amides is 1. The quantitative estimate of drug-likeness (QED) is 0.522. The van der Waals surface area contributed by atoms with Crippen LogP contribution >= 0.6 is 36.4 Å². The molecule has 1 saturated heterocycles. The van der Waals surface area contributed by atoms with Gasteiger partial charge in [0, 0.05) is 40.7 Å². The van der Waals surface area contributed by atoms with E-state index in [0.717, 1.165) is 25.9 Å². The van der Waals surface area contributed by atoms with E-state index in [-0.39, 0.29) is 47.5 Å². The highest BCUT2D eigenvalue weighted by molar-refractivity contribution is 6.35. The molecule has 1 aromatic heterocycles. The largest absolute Gasteiger partial charge is 0.349 e. The molecular formula is C21H19Cl3F3N3O. The standard InChI is InChI=1S/C21H17ClF3N3O.2ClH/c22-16-10-27-20(19-17(24)8-12(23)9-18(19)25)15-7-11(1-2-14(15)16)21(29)28-13-3-5-26-6-4-13;;/h1-2,7-10,13,26H,3-6H2,(H,28,29);2*1H. The van der Waals surface area contributed by atoms with E-state index >= 15 is 0 Å². The van der Waals surface area contributed by atoms with Crippen molar-refractivity contribution < 1.29 is 18.0 Å². The Balaban J connectivity index is 0.00000171. The molecule has 2 aromatic carbocycles. The first-order valence-corrected chi connectivity index (χ1v) is 9.56. The van der Waals surface area contributed by atoms with Gasteiger partial charge in [0.25, 0.3) is 5.91 Å². The zero-order valence-electron chi connectivity index (χ0n) is 16.1. The predicted octanol–water partition coefficient (Wildman–Crippen LogP) is 5.30. The summed E-state index contributed by atoms with van der Waals surface area (Å²) in [7, 11) is 0. The average Bonchev–Trinajstić information content (AvgIpc) is 2.69.